The van der Waals surface area contributed by atoms with Crippen molar-refractivity contribution in [2.24, 2.45) is 0 Å². The normalized spacial score (nSPS) is 25.8. The number of aliphatic hydroxyl groups excluding tert-OH is 1. The van der Waals surface area contributed by atoms with E-state index in [1.165, 1.54) is 0 Å². The summed E-state index contributed by atoms with van der Waals surface area (Å²) < 4.78 is 0. The molecule has 1 aromatic rings. The summed E-state index contributed by atoms with van der Waals surface area (Å²) in [6.45, 7) is 3.89. The van der Waals surface area contributed by atoms with Crippen molar-refractivity contribution in [3.05, 3.63) is 34.9 Å². The number of carbonyl (C=O) groups is 3. The molecule has 0 radical (unpaired) electrons. The maximum absolute atomic E-state index is 12.9. The number of hydrogen-bond acceptors (Lipinski definition) is 6. The van der Waals surface area contributed by atoms with Crippen LogP contribution in [0.15, 0.2) is 18.2 Å². The largest absolute Gasteiger partial charge is 0.396 e. The van der Waals surface area contributed by atoms with Crippen LogP contribution < -0.4 is 10.6 Å². The number of rotatable bonds is 5. The minimum absolute atomic E-state index is 0.140. The van der Waals surface area contributed by atoms with Crippen molar-refractivity contribution in [3.8, 4) is 0 Å². The molecule has 0 aromatic heterocycles. The number of benzene rings is 1. The quantitative estimate of drug-likeness (QED) is 0.596. The van der Waals surface area contributed by atoms with Crippen LogP contribution in [0.3, 0.4) is 0 Å². The molecule has 1 aromatic carbocycles. The Hall–Kier alpha value is -2.29. The van der Waals surface area contributed by atoms with Gasteiger partial charge in [-0.3, -0.25) is 24.6 Å². The van der Waals surface area contributed by atoms with Gasteiger partial charge in [0.05, 0.1) is 0 Å². The fraction of sp³-hybridized carbons (Fsp3) is 0.550. The number of aliphatic hydroxyl groups is 1. The third kappa shape index (κ3) is 3.55. The lowest BCUT2D eigenvalue weighted by molar-refractivity contribution is -0.136. The number of nitrogens with one attached hydrogen (secondary N) is 2. The van der Waals surface area contributed by atoms with Gasteiger partial charge in [-0.1, -0.05) is 12.1 Å². The molecule has 8 heteroatoms. The summed E-state index contributed by atoms with van der Waals surface area (Å²) >= 11 is 0. The Morgan fingerprint density at radius 1 is 1.21 bits per heavy atom. The number of hydrogen-bond donors (Lipinski definition) is 3. The Labute approximate surface area is 163 Å². The minimum atomic E-state index is -0.591. The van der Waals surface area contributed by atoms with Crippen LogP contribution in [0, 0.1) is 0 Å². The standard InChI is InChI=1S/C20H26N4O4/c25-9-6-14-10-21-7-8-23(14)11-13-2-1-3-15-16(13)12-24(20(15)28)17-4-5-18(26)22-19(17)27/h1-3,14,17,21,25H,4-12H2,(H,22,26,27). The Morgan fingerprint density at radius 2 is 2.07 bits per heavy atom. The van der Waals surface area contributed by atoms with E-state index in [0.29, 0.717) is 31.5 Å². The first kappa shape index (κ1) is 19.0. The van der Waals surface area contributed by atoms with E-state index in [2.05, 4.69) is 15.5 Å². The molecule has 0 bridgehead atoms. The SMILES string of the molecule is O=C1CCC(N2Cc3c(CN4CCNCC4CCO)cccc3C2=O)C(=O)N1. The first-order valence-corrected chi connectivity index (χ1v) is 9.89. The van der Waals surface area contributed by atoms with E-state index >= 15 is 0 Å². The van der Waals surface area contributed by atoms with Gasteiger partial charge in [-0.05, 0) is 30.0 Å². The molecule has 0 aliphatic carbocycles. The van der Waals surface area contributed by atoms with Crippen LogP contribution in [0.4, 0.5) is 0 Å². The molecule has 3 aliphatic heterocycles. The van der Waals surface area contributed by atoms with Gasteiger partial charge in [0.25, 0.3) is 5.91 Å². The summed E-state index contributed by atoms with van der Waals surface area (Å²) in [6.07, 6.45) is 1.34. The van der Waals surface area contributed by atoms with Crippen LogP contribution in [0.5, 0.6) is 0 Å². The number of carbonyl (C=O) groups excluding carboxylic acids is 3. The Bertz CT molecular complexity index is 794. The van der Waals surface area contributed by atoms with Gasteiger partial charge in [-0.25, -0.2) is 0 Å². The highest BCUT2D eigenvalue weighted by Crippen LogP contribution is 2.30. The number of imide groups is 1. The summed E-state index contributed by atoms with van der Waals surface area (Å²) in [5.41, 5.74) is 2.71. The van der Waals surface area contributed by atoms with Gasteiger partial charge in [0, 0.05) is 57.4 Å². The van der Waals surface area contributed by atoms with Crippen LogP contribution in [-0.2, 0) is 22.7 Å². The highest BCUT2D eigenvalue weighted by Gasteiger charge is 2.40. The number of piperazine rings is 1. The van der Waals surface area contributed by atoms with Crippen molar-refractivity contribution in [2.75, 3.05) is 26.2 Å². The maximum atomic E-state index is 12.9. The van der Waals surface area contributed by atoms with E-state index in [4.69, 9.17) is 0 Å². The average Bonchev–Trinajstić information content (AvgIpc) is 3.01. The lowest BCUT2D eigenvalue weighted by atomic mass is 10.0. The van der Waals surface area contributed by atoms with Gasteiger partial charge in [-0.2, -0.15) is 0 Å². The van der Waals surface area contributed by atoms with Gasteiger partial charge in [0.2, 0.25) is 11.8 Å². The topological polar surface area (TPSA) is 102 Å². The molecule has 2 saturated heterocycles. The Balaban J connectivity index is 1.54. The zero-order valence-electron chi connectivity index (χ0n) is 15.8. The van der Waals surface area contributed by atoms with Gasteiger partial charge >= 0.3 is 0 Å². The summed E-state index contributed by atoms with van der Waals surface area (Å²) in [7, 11) is 0. The lowest BCUT2D eigenvalue weighted by Gasteiger charge is -2.36. The number of piperidine rings is 1. The number of amides is 3. The van der Waals surface area contributed by atoms with Crippen molar-refractivity contribution in [1.29, 1.82) is 0 Å². The van der Waals surface area contributed by atoms with Crippen LogP contribution in [0.2, 0.25) is 0 Å². The molecule has 2 atom stereocenters. The zero-order chi connectivity index (χ0) is 19.7. The van der Waals surface area contributed by atoms with Crippen LogP contribution in [0.1, 0.15) is 40.7 Å². The van der Waals surface area contributed by atoms with E-state index in [-0.39, 0.29) is 36.8 Å². The second-order valence-electron chi connectivity index (χ2n) is 7.68. The van der Waals surface area contributed by atoms with Crippen molar-refractivity contribution < 1.29 is 19.5 Å². The molecule has 0 spiro atoms. The summed E-state index contributed by atoms with van der Waals surface area (Å²) in [6, 6.07) is 5.42. The molecule has 28 heavy (non-hydrogen) atoms. The second-order valence-corrected chi connectivity index (χ2v) is 7.68. The second kappa shape index (κ2) is 7.98. The average molecular weight is 386 g/mol. The molecule has 3 heterocycles. The molecule has 3 N–H and O–H groups in total. The van der Waals surface area contributed by atoms with Crippen molar-refractivity contribution in [1.82, 2.24) is 20.4 Å². The molecular weight excluding hydrogens is 360 g/mol. The monoisotopic (exact) mass is 386 g/mol. The first-order chi connectivity index (χ1) is 13.6. The third-order valence-corrected chi connectivity index (χ3v) is 5.99. The van der Waals surface area contributed by atoms with E-state index < -0.39 is 6.04 Å². The molecule has 2 unspecified atom stereocenters. The molecule has 0 saturated carbocycles. The van der Waals surface area contributed by atoms with Crippen molar-refractivity contribution in [2.45, 2.75) is 44.4 Å². The van der Waals surface area contributed by atoms with Gasteiger partial charge in [-0.15, -0.1) is 0 Å². The minimum Gasteiger partial charge on any atom is -0.396 e. The molecule has 4 rings (SSSR count). The van der Waals surface area contributed by atoms with E-state index in [0.717, 1.165) is 30.8 Å². The molecule has 2 fully saturated rings. The number of nitrogens with zero attached hydrogens (tertiary/aromatic N) is 2. The molecule has 150 valence electrons. The van der Waals surface area contributed by atoms with Gasteiger partial charge in [0.15, 0.2) is 0 Å². The maximum Gasteiger partial charge on any atom is 0.255 e. The van der Waals surface area contributed by atoms with Gasteiger partial charge in [0.1, 0.15) is 6.04 Å². The molecule has 8 nitrogen and oxygen atoms in total. The predicted molar refractivity (Wildman–Crippen MR) is 101 cm³/mol. The molecule has 3 amide bonds. The zero-order valence-corrected chi connectivity index (χ0v) is 15.8. The van der Waals surface area contributed by atoms with Crippen LogP contribution in [0.25, 0.3) is 0 Å². The lowest BCUT2D eigenvalue weighted by Crippen LogP contribution is -2.52. The van der Waals surface area contributed by atoms with Crippen molar-refractivity contribution >= 4 is 17.7 Å². The highest BCUT2D eigenvalue weighted by molar-refractivity contribution is 6.05. The van der Waals surface area contributed by atoms with Crippen LogP contribution >= 0.6 is 0 Å². The number of fused-ring (bicyclic) bond motifs is 1. The smallest absolute Gasteiger partial charge is 0.255 e. The highest BCUT2D eigenvalue weighted by atomic mass is 16.3. The van der Waals surface area contributed by atoms with Gasteiger partial charge < -0.3 is 15.3 Å². The summed E-state index contributed by atoms with van der Waals surface area (Å²) in [5, 5.41) is 15.1. The summed E-state index contributed by atoms with van der Waals surface area (Å²) in [5.74, 6) is -0.803. The third-order valence-electron chi connectivity index (χ3n) is 5.99. The fourth-order valence-corrected chi connectivity index (χ4v) is 4.46. The van der Waals surface area contributed by atoms with E-state index in [1.807, 2.05) is 18.2 Å². The Morgan fingerprint density at radius 3 is 2.86 bits per heavy atom. The molecule has 3 aliphatic rings. The van der Waals surface area contributed by atoms with Crippen LogP contribution in [-0.4, -0.2) is 71.0 Å². The van der Waals surface area contributed by atoms with Crippen molar-refractivity contribution in [3.63, 3.8) is 0 Å². The predicted octanol–water partition coefficient (Wildman–Crippen LogP) is -0.396. The summed E-state index contributed by atoms with van der Waals surface area (Å²) in [4.78, 5) is 40.6. The van der Waals surface area contributed by atoms with E-state index in [1.54, 1.807) is 4.90 Å². The first-order valence-electron chi connectivity index (χ1n) is 9.89. The Kier molecular flexibility index (Phi) is 5.43. The van der Waals surface area contributed by atoms with E-state index in [9.17, 15) is 19.5 Å². The fourth-order valence-electron chi connectivity index (χ4n) is 4.46. The molecular formula is C20H26N4O4.